The Balaban J connectivity index is 1.78. The molecule has 0 atom stereocenters. The van der Waals surface area contributed by atoms with E-state index >= 15 is 0 Å². The van der Waals surface area contributed by atoms with Gasteiger partial charge < -0.3 is 0 Å². The third kappa shape index (κ3) is 3.21. The number of benzene rings is 1. The summed E-state index contributed by atoms with van der Waals surface area (Å²) in [5, 5.41) is 1.68. The molecule has 0 unspecified atom stereocenters. The molecule has 162 valence electrons. The first-order chi connectivity index (χ1) is 13.8. The maximum Gasteiger partial charge on any atom is 0.243 e. The van der Waals surface area contributed by atoms with E-state index in [9.17, 15) is 8.42 Å². The summed E-state index contributed by atoms with van der Waals surface area (Å²) < 4.78 is 28.6. The monoisotopic (exact) mass is 441 g/mol. The summed E-state index contributed by atoms with van der Waals surface area (Å²) >= 11 is 0. The number of nitrogens with zero attached hydrogens (tertiary/aromatic N) is 1. The van der Waals surface area contributed by atoms with Gasteiger partial charge >= 0.3 is 0 Å². The Bertz CT molecular complexity index is 1070. The molecular weight excluding hydrogens is 406 g/mol. The number of rotatable bonds is 4. The van der Waals surface area contributed by atoms with Gasteiger partial charge in [0.2, 0.25) is 10.0 Å². The summed E-state index contributed by atoms with van der Waals surface area (Å²) in [5.41, 5.74) is 5.39. The summed E-state index contributed by atoms with van der Waals surface area (Å²) in [6, 6.07) is 7.24. The molecule has 0 bridgehead atoms. The Hall–Kier alpha value is -1.43. The topological polar surface area (TPSA) is 37.4 Å². The first-order valence-corrected chi connectivity index (χ1v) is 15.4. The largest absolute Gasteiger partial charge is 0.243 e. The lowest BCUT2D eigenvalue weighted by molar-refractivity contribution is 0.476. The lowest BCUT2D eigenvalue weighted by Crippen LogP contribution is -2.43. The van der Waals surface area contributed by atoms with E-state index < -0.39 is 18.1 Å². The van der Waals surface area contributed by atoms with Crippen LogP contribution in [0.15, 0.2) is 63.7 Å². The van der Waals surface area contributed by atoms with Crippen molar-refractivity contribution in [2.45, 2.75) is 70.0 Å². The van der Waals surface area contributed by atoms with Crippen LogP contribution < -0.4 is 0 Å². The van der Waals surface area contributed by atoms with Gasteiger partial charge in [-0.25, -0.2) is 8.42 Å². The normalized spacial score (nSPS) is 21.9. The van der Waals surface area contributed by atoms with Gasteiger partial charge in [0, 0.05) is 13.1 Å². The number of hydrogen-bond acceptors (Lipinski definition) is 2. The molecule has 1 aliphatic heterocycles. The smallest absolute Gasteiger partial charge is 0.207 e. The number of aryl methyl sites for hydroxylation is 1. The van der Waals surface area contributed by atoms with E-state index in [4.69, 9.17) is 0 Å². The van der Waals surface area contributed by atoms with E-state index in [-0.39, 0.29) is 10.5 Å². The fourth-order valence-corrected chi connectivity index (χ4v) is 9.24. The lowest BCUT2D eigenvalue weighted by atomic mass is 9.81. The molecule has 0 saturated heterocycles. The average molecular weight is 442 g/mol. The van der Waals surface area contributed by atoms with Gasteiger partial charge in [-0.05, 0) is 65.5 Å². The van der Waals surface area contributed by atoms with Gasteiger partial charge in [-0.1, -0.05) is 69.4 Å². The van der Waals surface area contributed by atoms with Gasteiger partial charge in [0.05, 0.1) is 13.0 Å². The minimum atomic E-state index is -3.50. The molecule has 4 rings (SSSR count). The molecule has 1 saturated carbocycles. The van der Waals surface area contributed by atoms with Crippen molar-refractivity contribution in [3.8, 4) is 0 Å². The van der Waals surface area contributed by atoms with E-state index in [0.717, 1.165) is 12.0 Å². The van der Waals surface area contributed by atoms with Crippen molar-refractivity contribution in [1.82, 2.24) is 4.31 Å². The molecule has 0 aromatic heterocycles. The first kappa shape index (κ1) is 21.8. The quantitative estimate of drug-likeness (QED) is 0.537. The predicted octanol–water partition coefficient (Wildman–Crippen LogP) is 6.01. The van der Waals surface area contributed by atoms with Crippen LogP contribution in [0.2, 0.25) is 18.1 Å². The molecule has 3 nitrogen and oxygen atoms in total. The molecule has 1 aromatic rings. The molecule has 0 amide bonds. The number of allylic oxidation sites excluding steroid dienone is 2. The molecule has 30 heavy (non-hydrogen) atoms. The summed E-state index contributed by atoms with van der Waals surface area (Å²) in [4.78, 5) is 0.399. The standard InChI is InChI=1S/C25H35NO2SSi/c1-8-22-23(30(6,7)24(3,4)5)21-17-26(16-19(21)15-25(22)13-14-25)29(27,28)20-11-9-18(2)10-12-20/h8-12H,1,13-17H2,2-7H3. The minimum absolute atomic E-state index is 0.186. The van der Waals surface area contributed by atoms with Crippen LogP contribution in [0.5, 0.6) is 0 Å². The van der Waals surface area contributed by atoms with Crippen LogP contribution in [0.4, 0.5) is 0 Å². The Labute approximate surface area is 183 Å². The zero-order valence-electron chi connectivity index (χ0n) is 19.3. The molecule has 1 heterocycles. The van der Waals surface area contributed by atoms with Crippen molar-refractivity contribution in [2.24, 2.45) is 5.41 Å². The predicted molar refractivity (Wildman–Crippen MR) is 128 cm³/mol. The third-order valence-corrected chi connectivity index (χ3v) is 15.4. The molecule has 1 spiro atoms. The van der Waals surface area contributed by atoms with Gasteiger partial charge in [0.1, 0.15) is 0 Å². The van der Waals surface area contributed by atoms with Crippen molar-refractivity contribution in [1.29, 1.82) is 0 Å². The van der Waals surface area contributed by atoms with Gasteiger partial charge in [-0.3, -0.25) is 0 Å². The van der Waals surface area contributed by atoms with Crippen LogP contribution >= 0.6 is 0 Å². The second-order valence-corrected chi connectivity index (χ2v) is 18.2. The molecule has 1 fully saturated rings. The van der Waals surface area contributed by atoms with E-state index in [1.807, 2.05) is 19.1 Å². The molecule has 1 aromatic carbocycles. The fraction of sp³-hybridized carbons (Fsp3) is 0.520. The van der Waals surface area contributed by atoms with Crippen molar-refractivity contribution in [2.75, 3.05) is 13.1 Å². The Morgan fingerprint density at radius 1 is 1.10 bits per heavy atom. The molecule has 0 N–H and O–H groups in total. The van der Waals surface area contributed by atoms with Gasteiger partial charge in [-0.15, -0.1) is 0 Å². The summed E-state index contributed by atoms with van der Waals surface area (Å²) in [6.45, 7) is 19.2. The Morgan fingerprint density at radius 2 is 1.70 bits per heavy atom. The lowest BCUT2D eigenvalue weighted by Gasteiger charge is -2.44. The highest BCUT2D eigenvalue weighted by molar-refractivity contribution is 7.89. The maximum atomic E-state index is 13.4. The van der Waals surface area contributed by atoms with Gasteiger partial charge in [0.15, 0.2) is 0 Å². The highest BCUT2D eigenvalue weighted by atomic mass is 32.2. The highest BCUT2D eigenvalue weighted by Crippen LogP contribution is 2.63. The van der Waals surface area contributed by atoms with Crippen LogP contribution in [0.1, 0.15) is 45.6 Å². The van der Waals surface area contributed by atoms with Crippen LogP contribution in [-0.2, 0) is 10.0 Å². The fourth-order valence-electron chi connectivity index (χ4n) is 5.04. The van der Waals surface area contributed by atoms with E-state index in [0.29, 0.717) is 18.0 Å². The summed E-state index contributed by atoms with van der Waals surface area (Å²) in [5.74, 6) is 0. The second-order valence-electron chi connectivity index (χ2n) is 11.0. The Morgan fingerprint density at radius 3 is 2.20 bits per heavy atom. The van der Waals surface area contributed by atoms with Crippen molar-refractivity contribution in [3.05, 3.63) is 64.4 Å². The summed E-state index contributed by atoms with van der Waals surface area (Å²) in [7, 11) is -5.37. The molecular formula is C25H35NO2SSi. The van der Waals surface area contributed by atoms with Crippen molar-refractivity contribution >= 4 is 18.1 Å². The molecule has 3 aliphatic rings. The van der Waals surface area contributed by atoms with Crippen LogP contribution in [-0.4, -0.2) is 33.9 Å². The molecule has 0 radical (unpaired) electrons. The van der Waals surface area contributed by atoms with Crippen molar-refractivity contribution < 1.29 is 8.42 Å². The number of sulfonamides is 1. The zero-order chi connectivity index (χ0) is 22.1. The third-order valence-electron chi connectivity index (χ3n) is 8.04. The van der Waals surface area contributed by atoms with Crippen LogP contribution in [0, 0.1) is 12.3 Å². The van der Waals surface area contributed by atoms with E-state index in [1.54, 1.807) is 16.4 Å². The number of hydrogen-bond donors (Lipinski definition) is 0. The SMILES string of the molecule is C=CC1=C([Si](C)(C)C(C)(C)C)C2=C(CN(S(=O)(=O)c3ccc(C)cc3)C2)CC12CC2. The first-order valence-electron chi connectivity index (χ1n) is 11.0. The Kier molecular flexibility index (Phi) is 4.92. The van der Waals surface area contributed by atoms with Crippen molar-refractivity contribution in [3.63, 3.8) is 0 Å². The summed E-state index contributed by atoms with van der Waals surface area (Å²) in [6.07, 6.45) is 5.51. The zero-order valence-corrected chi connectivity index (χ0v) is 21.1. The van der Waals surface area contributed by atoms with Gasteiger partial charge in [0.25, 0.3) is 0 Å². The van der Waals surface area contributed by atoms with Gasteiger partial charge in [-0.2, -0.15) is 4.31 Å². The minimum Gasteiger partial charge on any atom is -0.207 e. The molecule has 5 heteroatoms. The van der Waals surface area contributed by atoms with E-state index in [2.05, 4.69) is 46.5 Å². The average Bonchev–Trinajstić information content (AvgIpc) is 3.27. The van der Waals surface area contributed by atoms with Crippen LogP contribution in [0.25, 0.3) is 0 Å². The highest BCUT2D eigenvalue weighted by Gasteiger charge is 2.55. The molecule has 2 aliphatic carbocycles. The maximum absolute atomic E-state index is 13.4. The second kappa shape index (κ2) is 6.78. The van der Waals surface area contributed by atoms with E-state index in [1.165, 1.54) is 34.8 Å². The van der Waals surface area contributed by atoms with Crippen LogP contribution in [0.3, 0.4) is 0 Å².